The van der Waals surface area contributed by atoms with Crippen molar-refractivity contribution in [2.45, 2.75) is 6.42 Å². The number of nitrogens with one attached hydrogen (secondary N) is 2. The summed E-state index contributed by atoms with van der Waals surface area (Å²) in [5, 5.41) is 5.28. The minimum atomic E-state index is -0.527. The molecule has 30 heavy (non-hydrogen) atoms. The maximum Gasteiger partial charge on any atom is 0.326 e. The lowest BCUT2D eigenvalue weighted by Crippen LogP contribution is -2.37. The molecule has 7 heteroatoms. The summed E-state index contributed by atoms with van der Waals surface area (Å²) in [4.78, 5) is 26.4. The van der Waals surface area contributed by atoms with Gasteiger partial charge in [-0.2, -0.15) is 0 Å². The molecule has 0 aliphatic rings. The minimum Gasteiger partial charge on any atom is -0.352 e. The maximum absolute atomic E-state index is 13.9. The molecule has 0 radical (unpaired) electrons. The summed E-state index contributed by atoms with van der Waals surface area (Å²) >= 11 is 0. The Bertz CT molecular complexity index is 1010. The Kier molecular flexibility index (Phi) is 7.10. The number of benzene rings is 3. The molecule has 5 nitrogen and oxygen atoms in total. The number of carbonyl (C=O) groups is 2. The molecule has 0 saturated heterocycles. The fourth-order valence-electron chi connectivity index (χ4n) is 2.87. The van der Waals surface area contributed by atoms with E-state index in [1.54, 1.807) is 36.4 Å². The molecule has 0 spiro atoms. The zero-order valence-corrected chi connectivity index (χ0v) is 16.1. The van der Waals surface area contributed by atoms with E-state index in [1.807, 2.05) is 6.07 Å². The molecule has 3 rings (SSSR count). The average molecular weight is 409 g/mol. The Hall–Kier alpha value is -3.74. The van der Waals surface area contributed by atoms with Crippen molar-refractivity contribution >= 4 is 23.3 Å². The summed E-state index contributed by atoms with van der Waals surface area (Å²) in [6.45, 7) is 0.569. The van der Waals surface area contributed by atoms with Crippen LogP contribution in [0, 0.1) is 11.6 Å². The van der Waals surface area contributed by atoms with Gasteiger partial charge in [0.05, 0.1) is 5.69 Å². The molecule has 0 aliphatic heterocycles. The summed E-state index contributed by atoms with van der Waals surface area (Å²) in [5.74, 6) is -1.40. The number of hydrogen-bond acceptors (Lipinski definition) is 2. The minimum absolute atomic E-state index is 0.0860. The number of urea groups is 1. The molecule has 0 unspecified atom stereocenters. The Morgan fingerprint density at radius 3 is 2.33 bits per heavy atom. The van der Waals surface area contributed by atoms with Crippen molar-refractivity contribution in [3.8, 4) is 0 Å². The van der Waals surface area contributed by atoms with Crippen LogP contribution >= 0.6 is 0 Å². The van der Waals surface area contributed by atoms with Crippen LogP contribution in [0.5, 0.6) is 0 Å². The molecule has 2 N–H and O–H groups in total. The molecule has 0 atom stereocenters. The predicted octanol–water partition coefficient (Wildman–Crippen LogP) is 4.82. The number of rotatable bonds is 7. The number of carbonyl (C=O) groups excluding carboxylic acids is 2. The van der Waals surface area contributed by atoms with Crippen LogP contribution in [0.25, 0.3) is 0 Å². The van der Waals surface area contributed by atoms with E-state index in [2.05, 4.69) is 10.6 Å². The highest BCUT2D eigenvalue weighted by molar-refractivity contribution is 6.01. The highest BCUT2D eigenvalue weighted by atomic mass is 19.1. The van der Waals surface area contributed by atoms with Gasteiger partial charge in [-0.3, -0.25) is 9.69 Å². The van der Waals surface area contributed by atoms with E-state index < -0.39 is 23.6 Å². The van der Waals surface area contributed by atoms with Gasteiger partial charge in [0.1, 0.15) is 11.6 Å². The van der Waals surface area contributed by atoms with Crippen molar-refractivity contribution in [2.75, 3.05) is 23.3 Å². The lowest BCUT2D eigenvalue weighted by molar-refractivity contribution is 0.0953. The van der Waals surface area contributed by atoms with Crippen molar-refractivity contribution in [3.05, 3.63) is 96.1 Å². The molecule has 3 aromatic carbocycles. The molecular formula is C23H21F2N3O2. The summed E-state index contributed by atoms with van der Waals surface area (Å²) in [7, 11) is 0. The maximum atomic E-state index is 13.9. The van der Waals surface area contributed by atoms with Crippen LogP contribution in [-0.4, -0.2) is 25.0 Å². The Balaban J connectivity index is 1.61. The van der Waals surface area contributed by atoms with Gasteiger partial charge in [0.25, 0.3) is 5.91 Å². The normalized spacial score (nSPS) is 10.3. The van der Waals surface area contributed by atoms with Crippen molar-refractivity contribution in [3.63, 3.8) is 0 Å². The second-order valence-corrected chi connectivity index (χ2v) is 6.52. The van der Waals surface area contributed by atoms with Crippen LogP contribution < -0.4 is 15.5 Å². The SMILES string of the molecule is O=C(NCCCN(C(=O)Nc1ccccc1F)c1ccccc1)c1cccc(F)c1. The van der Waals surface area contributed by atoms with Gasteiger partial charge < -0.3 is 10.6 Å². The molecule has 0 fully saturated rings. The third-order valence-electron chi connectivity index (χ3n) is 4.36. The lowest BCUT2D eigenvalue weighted by atomic mass is 10.2. The van der Waals surface area contributed by atoms with Crippen molar-refractivity contribution in [2.24, 2.45) is 0 Å². The van der Waals surface area contributed by atoms with E-state index in [1.165, 1.54) is 35.2 Å². The van der Waals surface area contributed by atoms with Gasteiger partial charge in [0, 0.05) is 24.3 Å². The number of anilines is 2. The summed E-state index contributed by atoms with van der Waals surface area (Å²) in [5.41, 5.74) is 0.956. The third-order valence-corrected chi connectivity index (χ3v) is 4.36. The molecule has 3 amide bonds. The molecule has 0 saturated carbocycles. The first-order valence-electron chi connectivity index (χ1n) is 9.46. The fourth-order valence-corrected chi connectivity index (χ4v) is 2.87. The van der Waals surface area contributed by atoms with Crippen molar-refractivity contribution in [1.82, 2.24) is 5.32 Å². The smallest absolute Gasteiger partial charge is 0.326 e. The topological polar surface area (TPSA) is 61.4 Å². The number of hydrogen-bond donors (Lipinski definition) is 2. The van der Waals surface area contributed by atoms with Crippen LogP contribution in [0.15, 0.2) is 78.9 Å². The lowest BCUT2D eigenvalue weighted by Gasteiger charge is -2.23. The first kappa shape index (κ1) is 21.0. The molecule has 0 aromatic heterocycles. The standard InChI is InChI=1S/C23H21F2N3O2/c24-18-9-6-8-17(16-18)22(29)26-14-7-15-28(19-10-2-1-3-11-19)23(30)27-21-13-5-4-12-20(21)25/h1-6,8-13,16H,7,14-15H2,(H,26,29)(H,27,30). The molecule has 154 valence electrons. The van der Waals surface area contributed by atoms with E-state index in [0.717, 1.165) is 6.07 Å². The van der Waals surface area contributed by atoms with Gasteiger partial charge in [-0.05, 0) is 48.9 Å². The zero-order chi connectivity index (χ0) is 21.3. The summed E-state index contributed by atoms with van der Waals surface area (Å²) < 4.78 is 27.1. The molecular weight excluding hydrogens is 388 g/mol. The summed E-state index contributed by atoms with van der Waals surface area (Å²) in [6.07, 6.45) is 0.445. The number of amides is 3. The van der Waals surface area contributed by atoms with E-state index in [0.29, 0.717) is 12.1 Å². The van der Waals surface area contributed by atoms with Crippen LogP contribution in [0.2, 0.25) is 0 Å². The van der Waals surface area contributed by atoms with Crippen LogP contribution in [-0.2, 0) is 0 Å². The van der Waals surface area contributed by atoms with Gasteiger partial charge in [-0.15, -0.1) is 0 Å². The Labute approximate surface area is 173 Å². The highest BCUT2D eigenvalue weighted by Crippen LogP contribution is 2.18. The second kappa shape index (κ2) is 10.2. The van der Waals surface area contributed by atoms with E-state index in [-0.39, 0.29) is 24.3 Å². The average Bonchev–Trinajstić information content (AvgIpc) is 2.75. The molecule has 3 aromatic rings. The first-order chi connectivity index (χ1) is 14.5. The van der Waals surface area contributed by atoms with Crippen LogP contribution in [0.4, 0.5) is 25.0 Å². The van der Waals surface area contributed by atoms with Gasteiger partial charge in [0.15, 0.2) is 0 Å². The van der Waals surface area contributed by atoms with E-state index >= 15 is 0 Å². The Morgan fingerprint density at radius 1 is 0.867 bits per heavy atom. The largest absolute Gasteiger partial charge is 0.352 e. The summed E-state index contributed by atoms with van der Waals surface area (Å²) in [6, 6.07) is 19.8. The quantitative estimate of drug-likeness (QED) is 0.550. The van der Waals surface area contributed by atoms with Crippen molar-refractivity contribution in [1.29, 1.82) is 0 Å². The second-order valence-electron chi connectivity index (χ2n) is 6.52. The number of nitrogens with zero attached hydrogens (tertiary/aromatic N) is 1. The monoisotopic (exact) mass is 409 g/mol. The fraction of sp³-hybridized carbons (Fsp3) is 0.130. The van der Waals surface area contributed by atoms with Gasteiger partial charge in [-0.1, -0.05) is 36.4 Å². The van der Waals surface area contributed by atoms with Crippen LogP contribution in [0.3, 0.4) is 0 Å². The highest BCUT2D eigenvalue weighted by Gasteiger charge is 2.17. The van der Waals surface area contributed by atoms with Gasteiger partial charge in [-0.25, -0.2) is 13.6 Å². The van der Waals surface area contributed by atoms with Crippen molar-refractivity contribution < 1.29 is 18.4 Å². The molecule has 0 aliphatic carbocycles. The Morgan fingerprint density at radius 2 is 1.60 bits per heavy atom. The predicted molar refractivity (Wildman–Crippen MR) is 113 cm³/mol. The molecule has 0 bridgehead atoms. The number of halogens is 2. The van der Waals surface area contributed by atoms with Crippen LogP contribution in [0.1, 0.15) is 16.8 Å². The van der Waals surface area contributed by atoms with Gasteiger partial charge in [0.2, 0.25) is 0 Å². The first-order valence-corrected chi connectivity index (χ1v) is 9.46. The van der Waals surface area contributed by atoms with Gasteiger partial charge >= 0.3 is 6.03 Å². The van der Waals surface area contributed by atoms with E-state index in [9.17, 15) is 18.4 Å². The van der Waals surface area contributed by atoms with E-state index in [4.69, 9.17) is 0 Å². The third kappa shape index (κ3) is 5.64. The zero-order valence-electron chi connectivity index (χ0n) is 16.1. The molecule has 0 heterocycles. The number of para-hydroxylation sites is 2.